The number of nitrogens with one attached hydrogen (secondary N) is 1. The third-order valence-corrected chi connectivity index (χ3v) is 6.86. The number of methoxy groups -OCH3 is 1. The third kappa shape index (κ3) is 5.57. The minimum absolute atomic E-state index is 0.142. The number of pyridine rings is 1. The fourth-order valence-corrected chi connectivity index (χ4v) is 4.98. The summed E-state index contributed by atoms with van der Waals surface area (Å²) in [6.07, 6.45) is 3.32. The lowest BCUT2D eigenvalue weighted by Crippen LogP contribution is -2.36. The van der Waals surface area contributed by atoms with Crippen molar-refractivity contribution in [1.82, 2.24) is 14.9 Å². The maximum absolute atomic E-state index is 12.8. The number of rotatable bonds is 8. The van der Waals surface area contributed by atoms with Gasteiger partial charge in [0.25, 0.3) is 5.91 Å². The Kier molecular flexibility index (Phi) is 7.59. The molecule has 1 aliphatic heterocycles. The van der Waals surface area contributed by atoms with Crippen molar-refractivity contribution >= 4 is 39.7 Å². The van der Waals surface area contributed by atoms with Gasteiger partial charge in [-0.15, -0.1) is 22.7 Å². The summed E-state index contributed by atoms with van der Waals surface area (Å²) in [5.41, 5.74) is 2.70. The molecule has 1 saturated heterocycles. The molecule has 0 bridgehead atoms. The van der Waals surface area contributed by atoms with Crippen molar-refractivity contribution in [3.05, 3.63) is 51.2 Å². The Morgan fingerprint density at radius 1 is 1.19 bits per heavy atom. The molecule has 0 aromatic carbocycles. The summed E-state index contributed by atoms with van der Waals surface area (Å²) in [7, 11) is 1.33. The van der Waals surface area contributed by atoms with Crippen molar-refractivity contribution in [3.63, 3.8) is 0 Å². The predicted octanol–water partition coefficient (Wildman–Crippen LogP) is 3.57. The van der Waals surface area contributed by atoms with Gasteiger partial charge in [0.2, 0.25) is 0 Å². The van der Waals surface area contributed by atoms with E-state index in [1.807, 2.05) is 16.8 Å². The molecule has 0 unspecified atom stereocenters. The molecular weight excluding hydrogens is 448 g/mol. The molecule has 0 aliphatic carbocycles. The number of nitrogens with zero attached hydrogens (tertiary/aromatic N) is 3. The molecule has 3 aromatic rings. The molecule has 4 rings (SSSR count). The van der Waals surface area contributed by atoms with Crippen molar-refractivity contribution in [2.24, 2.45) is 0 Å². The van der Waals surface area contributed by atoms with Crippen LogP contribution in [0.3, 0.4) is 0 Å². The van der Waals surface area contributed by atoms with Gasteiger partial charge in [-0.05, 0) is 48.5 Å². The quantitative estimate of drug-likeness (QED) is 0.501. The van der Waals surface area contributed by atoms with Crippen LogP contribution in [0.5, 0.6) is 0 Å². The number of anilines is 1. The van der Waals surface area contributed by atoms with Crippen LogP contribution < -0.4 is 5.32 Å². The molecule has 0 radical (unpaired) electrons. The predicted molar refractivity (Wildman–Crippen MR) is 125 cm³/mol. The first-order valence-corrected chi connectivity index (χ1v) is 12.1. The van der Waals surface area contributed by atoms with Crippen molar-refractivity contribution < 1.29 is 19.1 Å². The zero-order valence-electron chi connectivity index (χ0n) is 17.7. The number of thiophene rings is 1. The molecule has 8 nitrogen and oxygen atoms in total. The monoisotopic (exact) mass is 472 g/mol. The van der Waals surface area contributed by atoms with Gasteiger partial charge in [-0.3, -0.25) is 20.0 Å². The number of thiazole rings is 1. The number of aromatic nitrogens is 2. The fraction of sp³-hybridized carbons (Fsp3) is 0.364. The van der Waals surface area contributed by atoms with Crippen molar-refractivity contribution in [2.75, 3.05) is 45.3 Å². The highest BCUT2D eigenvalue weighted by Crippen LogP contribution is 2.26. The molecule has 10 heteroatoms. The number of morpholine rings is 1. The number of ether oxygens (including phenoxy) is 2. The average molecular weight is 473 g/mol. The molecule has 168 valence electrons. The van der Waals surface area contributed by atoms with Crippen LogP contribution >= 0.6 is 22.7 Å². The third-order valence-electron chi connectivity index (χ3n) is 5.15. The van der Waals surface area contributed by atoms with E-state index in [0.29, 0.717) is 22.1 Å². The second-order valence-electron chi connectivity index (χ2n) is 7.25. The van der Waals surface area contributed by atoms with Crippen LogP contribution in [0.4, 0.5) is 5.13 Å². The number of hydrogen-bond donors (Lipinski definition) is 1. The number of esters is 1. The molecule has 32 heavy (non-hydrogen) atoms. The lowest BCUT2D eigenvalue weighted by atomic mass is 10.1. The van der Waals surface area contributed by atoms with E-state index < -0.39 is 5.97 Å². The van der Waals surface area contributed by atoms with E-state index in [0.717, 1.165) is 56.1 Å². The molecule has 3 aromatic heterocycles. The van der Waals surface area contributed by atoms with Crippen LogP contribution in [0.25, 0.3) is 11.4 Å². The highest BCUT2D eigenvalue weighted by atomic mass is 32.1. The van der Waals surface area contributed by atoms with Gasteiger partial charge in [-0.25, -0.2) is 9.78 Å². The Morgan fingerprint density at radius 3 is 2.78 bits per heavy atom. The van der Waals surface area contributed by atoms with Gasteiger partial charge in [0.05, 0.1) is 36.5 Å². The van der Waals surface area contributed by atoms with Crippen LogP contribution in [0.2, 0.25) is 0 Å². The van der Waals surface area contributed by atoms with Crippen LogP contribution in [-0.4, -0.2) is 66.7 Å². The van der Waals surface area contributed by atoms with Gasteiger partial charge in [0.15, 0.2) is 5.13 Å². The normalized spacial score (nSPS) is 14.3. The van der Waals surface area contributed by atoms with E-state index in [9.17, 15) is 9.59 Å². The molecule has 1 aliphatic rings. The second kappa shape index (κ2) is 10.8. The minimum Gasteiger partial charge on any atom is -0.465 e. The van der Waals surface area contributed by atoms with E-state index in [-0.39, 0.29) is 5.91 Å². The fourth-order valence-electron chi connectivity index (χ4n) is 3.44. The van der Waals surface area contributed by atoms with Gasteiger partial charge in [0, 0.05) is 24.7 Å². The first-order valence-electron chi connectivity index (χ1n) is 10.3. The summed E-state index contributed by atoms with van der Waals surface area (Å²) < 4.78 is 10.1. The van der Waals surface area contributed by atoms with Crippen LogP contribution in [0, 0.1) is 0 Å². The molecule has 0 spiro atoms. The van der Waals surface area contributed by atoms with E-state index in [1.54, 1.807) is 12.1 Å². The maximum atomic E-state index is 12.8. The smallest absolute Gasteiger partial charge is 0.339 e. The minimum atomic E-state index is -0.438. The first kappa shape index (κ1) is 22.5. The van der Waals surface area contributed by atoms with E-state index in [4.69, 9.17) is 4.74 Å². The van der Waals surface area contributed by atoms with E-state index in [1.165, 1.54) is 36.0 Å². The first-order chi connectivity index (χ1) is 15.6. The molecule has 1 N–H and O–H groups in total. The Morgan fingerprint density at radius 2 is 2.03 bits per heavy atom. The van der Waals surface area contributed by atoms with Crippen molar-refractivity contribution in [1.29, 1.82) is 0 Å². The molecule has 0 atom stereocenters. The van der Waals surface area contributed by atoms with Gasteiger partial charge in [-0.2, -0.15) is 0 Å². The number of carbonyl (C=O) groups is 2. The highest BCUT2D eigenvalue weighted by Gasteiger charge is 2.17. The van der Waals surface area contributed by atoms with Gasteiger partial charge >= 0.3 is 5.97 Å². The summed E-state index contributed by atoms with van der Waals surface area (Å²) in [5.74, 6) is -0.580. The number of hydrogen-bond acceptors (Lipinski definition) is 9. The Bertz CT molecular complexity index is 1060. The zero-order chi connectivity index (χ0) is 22.3. The molecule has 4 heterocycles. The molecular formula is C22H24N4O4S2. The van der Waals surface area contributed by atoms with E-state index >= 15 is 0 Å². The summed E-state index contributed by atoms with van der Waals surface area (Å²) in [4.78, 5) is 36.2. The zero-order valence-corrected chi connectivity index (χ0v) is 19.3. The standard InChI is InChI=1S/C22H24N4O4S2/c1-29-21(28)16-4-5-17(23-13-16)18-14-32-22(24-18)25-20(27)19-15(6-12-31-19)3-2-7-26-8-10-30-11-9-26/h4-6,12-14H,2-3,7-11H2,1H3,(H,24,25,27). The van der Waals surface area contributed by atoms with Gasteiger partial charge < -0.3 is 9.47 Å². The largest absolute Gasteiger partial charge is 0.465 e. The summed E-state index contributed by atoms with van der Waals surface area (Å²) in [6.45, 7) is 4.56. The number of carbonyl (C=O) groups excluding carboxylic acids is 2. The average Bonchev–Trinajstić information content (AvgIpc) is 3.49. The topological polar surface area (TPSA) is 93.7 Å². The maximum Gasteiger partial charge on any atom is 0.339 e. The number of aryl methyl sites for hydroxylation is 1. The van der Waals surface area contributed by atoms with Crippen LogP contribution in [0.15, 0.2) is 35.2 Å². The van der Waals surface area contributed by atoms with Crippen molar-refractivity contribution in [3.8, 4) is 11.4 Å². The SMILES string of the molecule is COC(=O)c1ccc(-c2csc(NC(=O)c3sccc3CCCN3CCOCC3)n2)nc1. The second-order valence-corrected chi connectivity index (χ2v) is 9.02. The van der Waals surface area contributed by atoms with Crippen molar-refractivity contribution in [2.45, 2.75) is 12.8 Å². The van der Waals surface area contributed by atoms with Crippen LogP contribution in [0.1, 0.15) is 32.0 Å². The van der Waals surface area contributed by atoms with E-state index in [2.05, 4.69) is 24.9 Å². The number of amides is 1. The Labute approximate surface area is 194 Å². The Hall–Kier alpha value is -2.66. The summed E-state index contributed by atoms with van der Waals surface area (Å²) >= 11 is 2.79. The van der Waals surface area contributed by atoms with Crippen LogP contribution in [-0.2, 0) is 15.9 Å². The molecule has 0 saturated carbocycles. The molecule has 1 fully saturated rings. The molecule has 1 amide bonds. The summed E-state index contributed by atoms with van der Waals surface area (Å²) in [5, 5.41) is 7.20. The summed E-state index contributed by atoms with van der Waals surface area (Å²) in [6, 6.07) is 5.37. The lowest BCUT2D eigenvalue weighted by molar-refractivity contribution is 0.0374. The Balaban J connectivity index is 1.34. The highest BCUT2D eigenvalue weighted by molar-refractivity contribution is 7.14. The lowest BCUT2D eigenvalue weighted by Gasteiger charge is -2.26. The van der Waals surface area contributed by atoms with Gasteiger partial charge in [0.1, 0.15) is 5.69 Å². The van der Waals surface area contributed by atoms with Gasteiger partial charge in [-0.1, -0.05) is 0 Å².